The summed E-state index contributed by atoms with van der Waals surface area (Å²) in [7, 11) is 0. The van der Waals surface area contributed by atoms with E-state index in [0.29, 0.717) is 0 Å². The van der Waals surface area contributed by atoms with Crippen molar-refractivity contribution in [3.63, 3.8) is 0 Å². The molecule has 1 saturated heterocycles. The second-order valence-corrected chi connectivity index (χ2v) is 4.77. The Morgan fingerprint density at radius 2 is 1.78 bits per heavy atom. The Labute approximate surface area is 108 Å². The van der Waals surface area contributed by atoms with Crippen LogP contribution in [0.1, 0.15) is 35.7 Å². The van der Waals surface area contributed by atoms with Crippen molar-refractivity contribution in [2.24, 2.45) is 5.92 Å². The van der Waals surface area contributed by atoms with E-state index in [1.165, 1.54) is 0 Å². The van der Waals surface area contributed by atoms with E-state index < -0.39 is 0 Å². The Bertz CT molecular complexity index is 474. The minimum Gasteiger partial charge on any atom is -0.317 e. The van der Waals surface area contributed by atoms with Gasteiger partial charge in [-0.15, -0.1) is 5.73 Å². The van der Waals surface area contributed by atoms with Crippen LogP contribution in [-0.4, -0.2) is 18.9 Å². The van der Waals surface area contributed by atoms with Gasteiger partial charge >= 0.3 is 0 Å². The summed E-state index contributed by atoms with van der Waals surface area (Å²) >= 11 is 0. The lowest BCUT2D eigenvalue weighted by Gasteiger charge is -2.21. The van der Waals surface area contributed by atoms with Crippen LogP contribution in [-0.2, 0) is 0 Å². The highest BCUT2D eigenvalue weighted by Crippen LogP contribution is 2.20. The molecule has 2 heteroatoms. The van der Waals surface area contributed by atoms with Crippen molar-refractivity contribution in [3.05, 3.63) is 47.7 Å². The van der Waals surface area contributed by atoms with Crippen LogP contribution in [0.4, 0.5) is 0 Å². The Hall–Kier alpha value is -1.63. The molecular weight excluding hydrogens is 222 g/mol. The first kappa shape index (κ1) is 12.8. The molecule has 1 heterocycles. The quantitative estimate of drug-likeness (QED) is 0.651. The number of piperidine rings is 1. The molecule has 0 atom stereocenters. The largest absolute Gasteiger partial charge is 0.317 e. The van der Waals surface area contributed by atoms with Crippen LogP contribution in [0.3, 0.4) is 0 Å². The van der Waals surface area contributed by atoms with Crippen LogP contribution in [0.25, 0.3) is 5.57 Å². The third-order valence-electron chi connectivity index (χ3n) is 3.58. The normalized spacial score (nSPS) is 16.1. The van der Waals surface area contributed by atoms with Gasteiger partial charge in [0.15, 0.2) is 5.78 Å². The molecule has 1 aromatic rings. The molecule has 1 N–H and O–H groups in total. The maximum atomic E-state index is 12.3. The number of rotatable bonds is 3. The van der Waals surface area contributed by atoms with Crippen LogP contribution in [0.15, 0.2) is 36.6 Å². The second-order valence-electron chi connectivity index (χ2n) is 4.77. The van der Waals surface area contributed by atoms with Crippen molar-refractivity contribution in [2.75, 3.05) is 13.1 Å². The predicted molar refractivity (Wildman–Crippen MR) is 74.6 cm³/mol. The minimum atomic E-state index is 0.188. The fourth-order valence-corrected chi connectivity index (χ4v) is 2.31. The van der Waals surface area contributed by atoms with Crippen molar-refractivity contribution >= 4 is 11.4 Å². The van der Waals surface area contributed by atoms with Gasteiger partial charge in [0.2, 0.25) is 0 Å². The number of Topliss-reactive ketones (excluding diaryl/α,β-unsaturated/α-hetero) is 1. The van der Waals surface area contributed by atoms with Crippen LogP contribution in [0.5, 0.6) is 0 Å². The highest BCUT2D eigenvalue weighted by molar-refractivity contribution is 5.98. The molecule has 0 unspecified atom stereocenters. The van der Waals surface area contributed by atoms with Gasteiger partial charge < -0.3 is 5.32 Å². The first-order chi connectivity index (χ1) is 8.72. The minimum absolute atomic E-state index is 0.188. The van der Waals surface area contributed by atoms with Gasteiger partial charge in [0.05, 0.1) is 0 Å². The average molecular weight is 241 g/mol. The highest BCUT2D eigenvalue weighted by Gasteiger charge is 2.21. The van der Waals surface area contributed by atoms with Crippen LogP contribution < -0.4 is 5.32 Å². The Balaban J connectivity index is 2.13. The SMILES string of the molecule is C=C=C(C)c1ccc(C(=O)C2CCNCC2)cc1. The lowest BCUT2D eigenvalue weighted by molar-refractivity contribution is 0.0895. The standard InChI is InChI=1S/C16H19NO/c1-3-12(2)13-4-6-14(7-5-13)16(18)15-8-10-17-11-9-15/h4-7,15,17H,1,8-11H2,2H3. The van der Waals surface area contributed by atoms with E-state index in [2.05, 4.69) is 17.6 Å². The van der Waals surface area contributed by atoms with E-state index in [1.807, 2.05) is 31.2 Å². The summed E-state index contributed by atoms with van der Waals surface area (Å²) in [5.74, 6) is 0.469. The third-order valence-corrected chi connectivity index (χ3v) is 3.58. The highest BCUT2D eigenvalue weighted by atomic mass is 16.1. The zero-order valence-corrected chi connectivity index (χ0v) is 10.8. The van der Waals surface area contributed by atoms with E-state index in [9.17, 15) is 4.79 Å². The van der Waals surface area contributed by atoms with Crippen LogP contribution >= 0.6 is 0 Å². The number of allylic oxidation sites excluding steroid dienone is 1. The van der Waals surface area contributed by atoms with Crippen LogP contribution in [0, 0.1) is 5.92 Å². The monoisotopic (exact) mass is 241 g/mol. The van der Waals surface area contributed by atoms with E-state index in [-0.39, 0.29) is 11.7 Å². The summed E-state index contributed by atoms with van der Waals surface area (Å²) in [6.45, 7) is 7.50. The molecule has 0 radical (unpaired) electrons. The number of carbonyl (C=O) groups is 1. The first-order valence-electron chi connectivity index (χ1n) is 6.44. The van der Waals surface area contributed by atoms with E-state index in [0.717, 1.165) is 42.6 Å². The third kappa shape index (κ3) is 2.79. The van der Waals surface area contributed by atoms with Gasteiger partial charge in [0.25, 0.3) is 0 Å². The van der Waals surface area contributed by atoms with Gasteiger partial charge in [-0.3, -0.25) is 4.79 Å². The van der Waals surface area contributed by atoms with E-state index >= 15 is 0 Å². The van der Waals surface area contributed by atoms with Crippen molar-refractivity contribution < 1.29 is 4.79 Å². The maximum Gasteiger partial charge on any atom is 0.166 e. The number of ketones is 1. The molecule has 0 saturated carbocycles. The molecule has 0 aromatic heterocycles. The lowest BCUT2D eigenvalue weighted by Crippen LogP contribution is -2.31. The molecule has 2 nitrogen and oxygen atoms in total. The van der Waals surface area contributed by atoms with Crippen molar-refractivity contribution in [1.82, 2.24) is 5.32 Å². The van der Waals surface area contributed by atoms with Crippen molar-refractivity contribution in [2.45, 2.75) is 19.8 Å². The number of hydrogen-bond acceptors (Lipinski definition) is 2. The Morgan fingerprint density at radius 3 is 2.33 bits per heavy atom. The molecule has 1 aromatic carbocycles. The summed E-state index contributed by atoms with van der Waals surface area (Å²) in [4.78, 5) is 12.3. The summed E-state index contributed by atoms with van der Waals surface area (Å²) in [5, 5.41) is 3.28. The topological polar surface area (TPSA) is 29.1 Å². The fourth-order valence-electron chi connectivity index (χ4n) is 2.31. The van der Waals surface area contributed by atoms with Gasteiger partial charge in [-0.25, -0.2) is 0 Å². The second kappa shape index (κ2) is 5.81. The lowest BCUT2D eigenvalue weighted by atomic mass is 9.89. The summed E-state index contributed by atoms with van der Waals surface area (Å²) < 4.78 is 0. The number of carbonyl (C=O) groups excluding carboxylic acids is 1. The van der Waals surface area contributed by atoms with E-state index in [1.54, 1.807) is 0 Å². The van der Waals surface area contributed by atoms with Gasteiger partial charge in [0, 0.05) is 11.5 Å². The van der Waals surface area contributed by atoms with Gasteiger partial charge in [-0.05, 0) is 44.0 Å². The predicted octanol–water partition coefficient (Wildman–Crippen LogP) is 3.06. The molecule has 94 valence electrons. The molecular formula is C16H19NO. The number of nitrogens with one attached hydrogen (secondary N) is 1. The first-order valence-corrected chi connectivity index (χ1v) is 6.44. The molecule has 0 aliphatic carbocycles. The Morgan fingerprint density at radius 1 is 1.22 bits per heavy atom. The molecule has 18 heavy (non-hydrogen) atoms. The molecule has 1 aliphatic rings. The number of hydrogen-bond donors (Lipinski definition) is 1. The summed E-state index contributed by atoms with van der Waals surface area (Å²) in [5.41, 5.74) is 5.77. The molecule has 1 fully saturated rings. The molecule has 2 rings (SSSR count). The fraction of sp³-hybridized carbons (Fsp3) is 0.375. The molecule has 0 bridgehead atoms. The Kier molecular flexibility index (Phi) is 4.14. The van der Waals surface area contributed by atoms with Gasteiger partial charge in [-0.2, -0.15) is 0 Å². The molecule has 0 amide bonds. The van der Waals surface area contributed by atoms with Gasteiger partial charge in [-0.1, -0.05) is 30.8 Å². The van der Waals surface area contributed by atoms with Crippen LogP contribution in [0.2, 0.25) is 0 Å². The zero-order valence-electron chi connectivity index (χ0n) is 10.8. The van der Waals surface area contributed by atoms with E-state index in [4.69, 9.17) is 0 Å². The average Bonchev–Trinajstić information content (AvgIpc) is 2.47. The van der Waals surface area contributed by atoms with Gasteiger partial charge in [0.1, 0.15) is 0 Å². The summed E-state index contributed by atoms with van der Waals surface area (Å²) in [6, 6.07) is 7.78. The summed E-state index contributed by atoms with van der Waals surface area (Å²) in [6.07, 6.45) is 1.90. The van der Waals surface area contributed by atoms with Crippen molar-refractivity contribution in [1.29, 1.82) is 0 Å². The zero-order chi connectivity index (χ0) is 13.0. The number of benzene rings is 1. The smallest absolute Gasteiger partial charge is 0.166 e. The molecule has 0 spiro atoms. The maximum absolute atomic E-state index is 12.3. The molecule has 1 aliphatic heterocycles. The van der Waals surface area contributed by atoms with Crippen molar-refractivity contribution in [3.8, 4) is 0 Å².